The highest BCUT2D eigenvalue weighted by Gasteiger charge is 2.30. The molecule has 0 aliphatic carbocycles. The quantitative estimate of drug-likeness (QED) is 0.155. The number of hydrogen-bond acceptors (Lipinski definition) is 5. The first kappa shape index (κ1) is 35.1. The van der Waals surface area contributed by atoms with E-state index in [1.54, 1.807) is 11.3 Å². The van der Waals surface area contributed by atoms with E-state index in [0.717, 1.165) is 93.5 Å². The van der Waals surface area contributed by atoms with E-state index in [9.17, 15) is 0 Å². The monoisotopic (exact) mass is 760 g/mol. The van der Waals surface area contributed by atoms with Gasteiger partial charge in [0.25, 0.3) is 0 Å². The topological polar surface area (TPSA) is 51.6 Å². The van der Waals surface area contributed by atoms with E-state index in [-0.39, 0.29) is 0 Å². The second-order valence-electron chi connectivity index (χ2n) is 14.2. The number of hydrogen-bond donors (Lipinski definition) is 0. The molecule has 10 rings (SSSR count). The molecule has 5 heteroatoms. The second-order valence-corrected chi connectivity index (χ2v) is 15.2. The van der Waals surface area contributed by atoms with Crippen molar-refractivity contribution in [3.8, 4) is 88.9 Å². The van der Waals surface area contributed by atoms with Crippen LogP contribution in [0, 0.1) is 6.92 Å². The van der Waals surface area contributed by atoms with E-state index < -0.39 is 0 Å². The SMILES string of the molecule is Cc1cc(-c2c(-c3ccccc3)c(-c3ccccc3)c(-c3ccccc3)c(-c3ccccc3)c2-c2ccccc2)nc(-c2cccc(-c3nc4cccnc4s3)c2)n1. The molecule has 0 aliphatic heterocycles. The molecule has 0 N–H and O–H groups in total. The van der Waals surface area contributed by atoms with Crippen molar-refractivity contribution in [2.75, 3.05) is 0 Å². The molecular formula is C53H36N4S. The molecule has 0 saturated heterocycles. The number of rotatable bonds is 8. The molecule has 274 valence electrons. The number of nitrogens with zero attached hydrogens (tertiary/aromatic N) is 4. The van der Waals surface area contributed by atoms with Crippen molar-refractivity contribution in [1.82, 2.24) is 19.9 Å². The zero-order chi connectivity index (χ0) is 38.8. The molecule has 0 unspecified atom stereocenters. The van der Waals surface area contributed by atoms with Crippen molar-refractivity contribution in [1.29, 1.82) is 0 Å². The van der Waals surface area contributed by atoms with Crippen LogP contribution >= 0.6 is 11.3 Å². The summed E-state index contributed by atoms with van der Waals surface area (Å²) in [6.07, 6.45) is 1.81. The average Bonchev–Trinajstić information content (AvgIpc) is 3.74. The van der Waals surface area contributed by atoms with Crippen molar-refractivity contribution in [2.45, 2.75) is 6.92 Å². The summed E-state index contributed by atoms with van der Waals surface area (Å²) < 4.78 is 0. The highest BCUT2D eigenvalue weighted by molar-refractivity contribution is 7.21. The lowest BCUT2D eigenvalue weighted by atomic mass is 9.75. The van der Waals surface area contributed by atoms with Crippen LogP contribution < -0.4 is 0 Å². The summed E-state index contributed by atoms with van der Waals surface area (Å²) in [5.74, 6) is 0.656. The molecule has 10 aromatic rings. The van der Waals surface area contributed by atoms with E-state index in [2.05, 4.69) is 194 Å². The van der Waals surface area contributed by atoms with Gasteiger partial charge in [0.2, 0.25) is 0 Å². The minimum Gasteiger partial charge on any atom is -0.244 e. The Hall–Kier alpha value is -7.34. The van der Waals surface area contributed by atoms with Crippen LogP contribution in [0.2, 0.25) is 0 Å². The van der Waals surface area contributed by atoms with Gasteiger partial charge in [0.1, 0.15) is 15.4 Å². The Morgan fingerprint density at radius 1 is 0.362 bits per heavy atom. The number of benzene rings is 7. The summed E-state index contributed by atoms with van der Waals surface area (Å²) in [6, 6.07) is 68.5. The fourth-order valence-electron chi connectivity index (χ4n) is 7.98. The number of pyridine rings is 1. The maximum atomic E-state index is 5.56. The lowest BCUT2D eigenvalue weighted by Gasteiger charge is -2.28. The van der Waals surface area contributed by atoms with Crippen molar-refractivity contribution >= 4 is 21.7 Å². The minimum absolute atomic E-state index is 0.656. The van der Waals surface area contributed by atoms with Gasteiger partial charge in [-0.2, -0.15) is 0 Å². The van der Waals surface area contributed by atoms with Gasteiger partial charge in [0.15, 0.2) is 5.82 Å². The van der Waals surface area contributed by atoms with Crippen LogP contribution in [0.25, 0.3) is 99.2 Å². The normalized spacial score (nSPS) is 11.2. The molecule has 0 fully saturated rings. The second kappa shape index (κ2) is 15.3. The highest BCUT2D eigenvalue weighted by atomic mass is 32.1. The lowest BCUT2D eigenvalue weighted by molar-refractivity contribution is 1.12. The Morgan fingerprint density at radius 2 is 0.793 bits per heavy atom. The van der Waals surface area contributed by atoms with Crippen LogP contribution in [0.3, 0.4) is 0 Å². The van der Waals surface area contributed by atoms with Crippen molar-refractivity contribution < 1.29 is 0 Å². The number of fused-ring (bicyclic) bond motifs is 1. The van der Waals surface area contributed by atoms with E-state index >= 15 is 0 Å². The summed E-state index contributed by atoms with van der Waals surface area (Å²) in [6.45, 7) is 2.07. The maximum Gasteiger partial charge on any atom is 0.160 e. The van der Waals surface area contributed by atoms with Crippen LogP contribution in [-0.4, -0.2) is 19.9 Å². The van der Waals surface area contributed by atoms with Gasteiger partial charge in [0, 0.05) is 39.7 Å². The smallest absolute Gasteiger partial charge is 0.160 e. The van der Waals surface area contributed by atoms with Gasteiger partial charge < -0.3 is 0 Å². The van der Waals surface area contributed by atoms with Gasteiger partial charge >= 0.3 is 0 Å². The zero-order valence-electron chi connectivity index (χ0n) is 31.7. The first-order valence-corrected chi connectivity index (χ1v) is 20.2. The van der Waals surface area contributed by atoms with Crippen LogP contribution in [0.15, 0.2) is 200 Å². The molecule has 7 aromatic carbocycles. The standard InChI is InChI=1S/C53H36N4S/c1-35-33-44(56-51(55-35)41-29-17-30-42(34-41)52-57-43-31-18-32-54-53(43)58-52)50-48(39-25-13-5-14-26-39)46(37-21-9-3-10-22-37)45(36-19-7-2-8-20-36)47(38-23-11-4-12-24-38)49(50)40-27-15-6-16-28-40/h2-34H,1H3. The minimum atomic E-state index is 0.656. The maximum absolute atomic E-state index is 5.56. The molecule has 0 amide bonds. The molecule has 0 aliphatic rings. The average molecular weight is 761 g/mol. The predicted molar refractivity (Wildman–Crippen MR) is 241 cm³/mol. The Labute approximate surface area is 341 Å². The van der Waals surface area contributed by atoms with Crippen molar-refractivity contribution in [3.63, 3.8) is 0 Å². The summed E-state index contributed by atoms with van der Waals surface area (Å²) >= 11 is 1.59. The van der Waals surface area contributed by atoms with Gasteiger partial charge in [-0.15, -0.1) is 0 Å². The molecule has 0 spiro atoms. The number of aromatic nitrogens is 4. The molecule has 0 bridgehead atoms. The molecule has 4 nitrogen and oxygen atoms in total. The first-order chi connectivity index (χ1) is 28.7. The van der Waals surface area contributed by atoms with Crippen LogP contribution in [0.4, 0.5) is 0 Å². The van der Waals surface area contributed by atoms with Gasteiger partial charge in [-0.1, -0.05) is 181 Å². The Morgan fingerprint density at radius 3 is 1.26 bits per heavy atom. The molecule has 0 saturated carbocycles. The van der Waals surface area contributed by atoms with Crippen LogP contribution in [0.5, 0.6) is 0 Å². The third-order valence-electron chi connectivity index (χ3n) is 10.5. The highest BCUT2D eigenvalue weighted by Crippen LogP contribution is 2.55. The Kier molecular flexibility index (Phi) is 9.26. The van der Waals surface area contributed by atoms with Gasteiger partial charge in [0.05, 0.1) is 5.69 Å². The van der Waals surface area contributed by atoms with Gasteiger partial charge in [-0.3, -0.25) is 0 Å². The molecule has 3 aromatic heterocycles. The third-order valence-corrected chi connectivity index (χ3v) is 11.5. The Balaban J connectivity index is 1.35. The van der Waals surface area contributed by atoms with Gasteiger partial charge in [-0.05, 0) is 75.7 Å². The molecular weight excluding hydrogens is 725 g/mol. The third kappa shape index (κ3) is 6.57. The summed E-state index contributed by atoms with van der Waals surface area (Å²) in [7, 11) is 0. The summed E-state index contributed by atoms with van der Waals surface area (Å²) in [4.78, 5) is 21.0. The lowest BCUT2D eigenvalue weighted by Crippen LogP contribution is -2.04. The molecule has 0 atom stereocenters. The van der Waals surface area contributed by atoms with Crippen LogP contribution in [0.1, 0.15) is 5.69 Å². The summed E-state index contributed by atoms with van der Waals surface area (Å²) in [5, 5.41) is 0.915. The molecule has 0 radical (unpaired) electrons. The van der Waals surface area contributed by atoms with Gasteiger partial charge in [-0.25, -0.2) is 19.9 Å². The van der Waals surface area contributed by atoms with E-state index in [0.29, 0.717) is 5.82 Å². The number of thiazole rings is 1. The van der Waals surface area contributed by atoms with E-state index in [1.807, 2.05) is 18.3 Å². The fourth-order valence-corrected chi connectivity index (χ4v) is 8.89. The van der Waals surface area contributed by atoms with Crippen molar-refractivity contribution in [3.05, 3.63) is 206 Å². The fraction of sp³-hybridized carbons (Fsp3) is 0.0189. The Bertz CT molecular complexity index is 2900. The van der Waals surface area contributed by atoms with E-state index in [4.69, 9.17) is 15.0 Å². The zero-order valence-corrected chi connectivity index (χ0v) is 32.6. The van der Waals surface area contributed by atoms with Crippen LogP contribution in [-0.2, 0) is 0 Å². The number of aryl methyl sites for hydroxylation is 1. The van der Waals surface area contributed by atoms with E-state index in [1.165, 1.54) is 5.56 Å². The largest absolute Gasteiger partial charge is 0.244 e. The first-order valence-electron chi connectivity index (χ1n) is 19.4. The van der Waals surface area contributed by atoms with Crippen molar-refractivity contribution in [2.24, 2.45) is 0 Å². The summed E-state index contributed by atoms with van der Waals surface area (Å²) in [5.41, 5.74) is 16.9. The molecule has 3 heterocycles. The predicted octanol–water partition coefficient (Wildman–Crippen LogP) is 14.1. The molecule has 58 heavy (non-hydrogen) atoms.